The monoisotopic (exact) mass is 456 g/mol. The molecular weight excluding hydrogens is 444 g/mol. The minimum Gasteiger partial charge on any atom is -0.437 e. The number of nitriles is 1. The van der Waals surface area contributed by atoms with Crippen molar-refractivity contribution in [3.05, 3.63) is 98.9 Å². The van der Waals surface area contributed by atoms with Gasteiger partial charge in [0.05, 0.1) is 20.8 Å². The number of benzene rings is 2. The number of para-hydroxylation sites is 2. The maximum absolute atomic E-state index is 13.3. The molecule has 0 aliphatic rings. The van der Waals surface area contributed by atoms with E-state index >= 15 is 0 Å². The summed E-state index contributed by atoms with van der Waals surface area (Å²) < 4.78 is 8.29. The summed E-state index contributed by atoms with van der Waals surface area (Å²) in [6.07, 6.45) is 3.09. The Hall–Kier alpha value is -3.99. The van der Waals surface area contributed by atoms with E-state index in [1.165, 1.54) is 21.8 Å². The third kappa shape index (κ3) is 3.62. The molecule has 0 atom stereocenters. The van der Waals surface area contributed by atoms with Crippen LogP contribution in [-0.4, -0.2) is 14.4 Å². The molecule has 2 aromatic carbocycles. The Balaban J connectivity index is 1.72. The van der Waals surface area contributed by atoms with Gasteiger partial charge < -0.3 is 4.74 Å². The molecule has 0 saturated heterocycles. The van der Waals surface area contributed by atoms with E-state index in [1.807, 2.05) is 24.3 Å². The third-order valence-corrected chi connectivity index (χ3v) is 6.09. The van der Waals surface area contributed by atoms with Gasteiger partial charge in [0.1, 0.15) is 28.0 Å². The van der Waals surface area contributed by atoms with Crippen molar-refractivity contribution < 1.29 is 4.74 Å². The van der Waals surface area contributed by atoms with Gasteiger partial charge in [-0.1, -0.05) is 41.9 Å². The summed E-state index contributed by atoms with van der Waals surface area (Å²) in [5.41, 5.74) is 1.20. The number of hydrogen-bond donors (Lipinski definition) is 0. The van der Waals surface area contributed by atoms with Gasteiger partial charge in [-0.15, -0.1) is 11.3 Å². The molecule has 0 saturated carbocycles. The first-order chi connectivity index (χ1) is 15.6. The summed E-state index contributed by atoms with van der Waals surface area (Å²) in [5, 5.41) is 10.7. The summed E-state index contributed by atoms with van der Waals surface area (Å²) in [6.45, 7) is 0. The van der Waals surface area contributed by atoms with Gasteiger partial charge >= 0.3 is 0 Å². The molecule has 0 amide bonds. The molecule has 6 nitrogen and oxygen atoms in total. The number of thiazole rings is 1. The predicted molar refractivity (Wildman–Crippen MR) is 126 cm³/mol. The van der Waals surface area contributed by atoms with Crippen molar-refractivity contribution in [2.75, 3.05) is 0 Å². The zero-order valence-corrected chi connectivity index (χ0v) is 18.0. The number of ether oxygens (including phenoxy) is 1. The molecular formula is C24H13ClN4O2S. The van der Waals surface area contributed by atoms with E-state index in [-0.39, 0.29) is 22.6 Å². The molecule has 154 valence electrons. The summed E-state index contributed by atoms with van der Waals surface area (Å²) in [4.78, 5) is 22.4. The highest BCUT2D eigenvalue weighted by Gasteiger charge is 2.17. The van der Waals surface area contributed by atoms with E-state index in [0.717, 1.165) is 10.2 Å². The zero-order chi connectivity index (χ0) is 22.1. The van der Waals surface area contributed by atoms with Crippen molar-refractivity contribution in [1.29, 1.82) is 5.26 Å². The van der Waals surface area contributed by atoms with Gasteiger partial charge in [0.15, 0.2) is 0 Å². The topological polar surface area (TPSA) is 80.3 Å². The number of pyridine rings is 1. The summed E-state index contributed by atoms with van der Waals surface area (Å²) in [7, 11) is 0. The van der Waals surface area contributed by atoms with Crippen LogP contribution in [0.3, 0.4) is 0 Å². The highest BCUT2D eigenvalue weighted by atomic mass is 35.5. The second-order valence-electron chi connectivity index (χ2n) is 6.75. The van der Waals surface area contributed by atoms with Crippen LogP contribution in [0.15, 0.2) is 77.7 Å². The summed E-state index contributed by atoms with van der Waals surface area (Å²) >= 11 is 7.62. The first kappa shape index (κ1) is 19.9. The molecule has 0 N–H and O–H groups in total. The molecule has 0 radical (unpaired) electrons. The van der Waals surface area contributed by atoms with Gasteiger partial charge in [-0.2, -0.15) is 10.2 Å². The van der Waals surface area contributed by atoms with Crippen LogP contribution in [0.2, 0.25) is 5.02 Å². The summed E-state index contributed by atoms with van der Waals surface area (Å²) in [5.74, 6) is 0.414. The van der Waals surface area contributed by atoms with Gasteiger partial charge in [0.25, 0.3) is 5.56 Å². The lowest BCUT2D eigenvalue weighted by Crippen LogP contribution is -2.18. The van der Waals surface area contributed by atoms with Crippen LogP contribution in [0.5, 0.6) is 11.6 Å². The fourth-order valence-electron chi connectivity index (χ4n) is 3.19. The molecule has 8 heteroatoms. The minimum absolute atomic E-state index is 0.0585. The number of rotatable bonds is 4. The average molecular weight is 457 g/mol. The van der Waals surface area contributed by atoms with Crippen LogP contribution in [0.25, 0.3) is 27.5 Å². The van der Waals surface area contributed by atoms with Crippen molar-refractivity contribution in [2.24, 2.45) is 0 Å². The zero-order valence-electron chi connectivity index (χ0n) is 16.4. The van der Waals surface area contributed by atoms with Crippen LogP contribution in [0, 0.1) is 11.3 Å². The van der Waals surface area contributed by atoms with E-state index in [0.29, 0.717) is 21.4 Å². The first-order valence-electron chi connectivity index (χ1n) is 9.55. The Morgan fingerprint density at radius 2 is 1.84 bits per heavy atom. The van der Waals surface area contributed by atoms with Gasteiger partial charge in [-0.25, -0.2) is 4.98 Å². The smallest absolute Gasteiger partial charge is 0.269 e. The summed E-state index contributed by atoms with van der Waals surface area (Å²) in [6, 6.07) is 21.9. The first-order valence-corrected chi connectivity index (χ1v) is 10.7. The lowest BCUT2D eigenvalue weighted by molar-refractivity contribution is 0.461. The largest absolute Gasteiger partial charge is 0.437 e. The normalized spacial score (nSPS) is 11.6. The van der Waals surface area contributed by atoms with Gasteiger partial charge in [0, 0.05) is 6.20 Å². The van der Waals surface area contributed by atoms with Gasteiger partial charge in [-0.05, 0) is 42.5 Å². The molecule has 0 aliphatic carbocycles. The number of hydrogen-bond acceptors (Lipinski definition) is 6. The fraction of sp³-hybridized carbons (Fsp3) is 0. The van der Waals surface area contributed by atoms with Crippen LogP contribution in [-0.2, 0) is 0 Å². The third-order valence-electron chi connectivity index (χ3n) is 4.71. The highest BCUT2D eigenvalue weighted by molar-refractivity contribution is 7.19. The molecule has 5 aromatic rings. The average Bonchev–Trinajstić information content (AvgIpc) is 3.24. The number of halogens is 1. The van der Waals surface area contributed by atoms with Crippen LogP contribution < -0.4 is 10.3 Å². The van der Waals surface area contributed by atoms with E-state index in [4.69, 9.17) is 16.3 Å². The molecule has 32 heavy (non-hydrogen) atoms. The highest BCUT2D eigenvalue weighted by Crippen LogP contribution is 2.32. The fourth-order valence-corrected chi connectivity index (χ4v) is 4.29. The van der Waals surface area contributed by atoms with E-state index in [2.05, 4.69) is 16.0 Å². The minimum atomic E-state index is -0.369. The Bertz CT molecular complexity index is 1580. The molecule has 5 rings (SSSR count). The van der Waals surface area contributed by atoms with Crippen molar-refractivity contribution >= 4 is 50.5 Å². The lowest BCUT2D eigenvalue weighted by Gasteiger charge is -2.11. The van der Waals surface area contributed by atoms with Crippen molar-refractivity contribution in [2.45, 2.75) is 0 Å². The van der Waals surface area contributed by atoms with Gasteiger partial charge in [-0.3, -0.25) is 9.20 Å². The Morgan fingerprint density at radius 1 is 1.06 bits per heavy atom. The van der Waals surface area contributed by atoms with Gasteiger partial charge in [0.2, 0.25) is 5.88 Å². The maximum atomic E-state index is 13.3. The Morgan fingerprint density at radius 3 is 2.66 bits per heavy atom. The maximum Gasteiger partial charge on any atom is 0.269 e. The Labute approximate surface area is 191 Å². The van der Waals surface area contributed by atoms with Crippen molar-refractivity contribution in [3.8, 4) is 17.7 Å². The second-order valence-corrected chi connectivity index (χ2v) is 8.19. The molecule has 0 spiro atoms. The van der Waals surface area contributed by atoms with Crippen molar-refractivity contribution in [3.63, 3.8) is 0 Å². The number of allylic oxidation sites excluding steroid dienone is 1. The van der Waals surface area contributed by atoms with E-state index < -0.39 is 0 Å². The molecule has 3 heterocycles. The molecule has 0 unspecified atom stereocenters. The number of nitrogens with zero attached hydrogens (tertiary/aromatic N) is 4. The SMILES string of the molecule is N#CC(=Cc1c(Oc2ccccc2Cl)nc2ccccn2c1=O)c1nc2ccccc2s1. The van der Waals surface area contributed by atoms with E-state index in [9.17, 15) is 10.1 Å². The van der Waals surface area contributed by atoms with Crippen LogP contribution in [0.4, 0.5) is 0 Å². The molecule has 3 aromatic heterocycles. The predicted octanol–water partition coefficient (Wildman–Crippen LogP) is 5.81. The number of aromatic nitrogens is 3. The van der Waals surface area contributed by atoms with Crippen molar-refractivity contribution in [1.82, 2.24) is 14.4 Å². The van der Waals surface area contributed by atoms with Crippen LogP contribution >= 0.6 is 22.9 Å². The lowest BCUT2D eigenvalue weighted by atomic mass is 10.2. The van der Waals surface area contributed by atoms with E-state index in [1.54, 1.807) is 48.7 Å². The Kier molecular flexibility index (Phi) is 5.15. The van der Waals surface area contributed by atoms with Crippen LogP contribution in [0.1, 0.15) is 10.6 Å². The molecule has 0 aliphatic heterocycles. The standard InChI is InChI=1S/C24H13ClN4O2S/c25-17-7-1-3-9-19(17)31-22-16(24(30)29-12-6-5-11-21(29)28-22)13-15(14-26)23-27-18-8-2-4-10-20(18)32-23/h1-13H. The number of fused-ring (bicyclic) bond motifs is 2. The quantitative estimate of drug-likeness (QED) is 0.318. The second kappa shape index (κ2) is 8.27. The molecule has 0 fully saturated rings. The molecule has 0 bridgehead atoms.